The number of amides is 1. The van der Waals surface area contributed by atoms with Crippen LogP contribution in [0.4, 0.5) is 15.8 Å². The van der Waals surface area contributed by atoms with Crippen LogP contribution in [-0.4, -0.2) is 25.0 Å². The first kappa shape index (κ1) is 16.3. The monoisotopic (exact) mass is 348 g/mol. The van der Waals surface area contributed by atoms with Crippen LogP contribution in [0, 0.1) is 12.7 Å². The Balaban J connectivity index is 1.76. The van der Waals surface area contributed by atoms with Crippen molar-refractivity contribution in [3.8, 4) is 5.75 Å². The summed E-state index contributed by atoms with van der Waals surface area (Å²) in [5.41, 5.74) is 2.06. The zero-order valence-corrected chi connectivity index (χ0v) is 13.6. The second kappa shape index (κ2) is 6.49. The number of nitrogens with zero attached hydrogens (tertiary/aromatic N) is 1. The molecule has 1 N–H and O–H groups in total. The highest BCUT2D eigenvalue weighted by Crippen LogP contribution is 2.32. The van der Waals surface area contributed by atoms with E-state index in [1.54, 1.807) is 11.0 Å². The SMILES string of the molecule is Cc1ccc2c(c1)N(CC(=O)Nc1ccc(F)c(Cl)c1)CC(=O)O2. The standard InChI is InChI=1S/C17H14ClFN2O3/c1-10-2-5-15-14(6-10)21(9-17(23)24-15)8-16(22)20-11-3-4-13(19)12(18)7-11/h2-7H,8-9H2,1H3,(H,20,22). The number of benzene rings is 2. The topological polar surface area (TPSA) is 58.6 Å². The average Bonchev–Trinajstić information content (AvgIpc) is 2.51. The van der Waals surface area contributed by atoms with Gasteiger partial charge in [0.15, 0.2) is 5.75 Å². The molecular formula is C17H14ClFN2O3. The van der Waals surface area contributed by atoms with E-state index in [1.807, 2.05) is 19.1 Å². The molecule has 0 saturated heterocycles. The van der Waals surface area contributed by atoms with Crippen molar-refractivity contribution in [3.05, 3.63) is 52.8 Å². The van der Waals surface area contributed by atoms with Crippen molar-refractivity contribution < 1.29 is 18.7 Å². The van der Waals surface area contributed by atoms with E-state index in [4.69, 9.17) is 16.3 Å². The van der Waals surface area contributed by atoms with Gasteiger partial charge in [-0.15, -0.1) is 0 Å². The Bertz CT molecular complexity index is 825. The first-order valence-electron chi connectivity index (χ1n) is 7.23. The van der Waals surface area contributed by atoms with Gasteiger partial charge in [0.2, 0.25) is 5.91 Å². The number of carbonyl (C=O) groups excluding carboxylic acids is 2. The number of esters is 1. The molecule has 1 heterocycles. The van der Waals surface area contributed by atoms with Gasteiger partial charge in [-0.25, -0.2) is 9.18 Å². The highest BCUT2D eigenvalue weighted by molar-refractivity contribution is 6.31. The van der Waals surface area contributed by atoms with E-state index in [2.05, 4.69) is 5.32 Å². The number of hydrogen-bond donors (Lipinski definition) is 1. The van der Waals surface area contributed by atoms with Crippen LogP contribution in [0.1, 0.15) is 5.56 Å². The largest absolute Gasteiger partial charge is 0.423 e. The summed E-state index contributed by atoms with van der Waals surface area (Å²) in [5.74, 6) is -0.906. The van der Waals surface area contributed by atoms with Crippen molar-refractivity contribution in [2.45, 2.75) is 6.92 Å². The minimum atomic E-state index is -0.558. The first-order valence-corrected chi connectivity index (χ1v) is 7.61. The molecule has 0 saturated carbocycles. The van der Waals surface area contributed by atoms with Crippen molar-refractivity contribution in [2.75, 3.05) is 23.3 Å². The molecule has 0 aromatic heterocycles. The van der Waals surface area contributed by atoms with Crippen molar-refractivity contribution >= 4 is 34.9 Å². The minimum absolute atomic E-state index is 0.0198. The molecule has 0 fully saturated rings. The fourth-order valence-corrected chi connectivity index (χ4v) is 2.63. The lowest BCUT2D eigenvalue weighted by molar-refractivity contribution is -0.133. The lowest BCUT2D eigenvalue weighted by Crippen LogP contribution is -2.41. The number of fused-ring (bicyclic) bond motifs is 1. The predicted molar refractivity (Wildman–Crippen MR) is 89.1 cm³/mol. The van der Waals surface area contributed by atoms with Crippen molar-refractivity contribution in [1.29, 1.82) is 0 Å². The summed E-state index contributed by atoms with van der Waals surface area (Å²) >= 11 is 5.69. The van der Waals surface area contributed by atoms with Gasteiger partial charge in [-0.1, -0.05) is 17.7 Å². The van der Waals surface area contributed by atoms with Crippen LogP contribution >= 0.6 is 11.6 Å². The Kier molecular flexibility index (Phi) is 4.40. The number of rotatable bonds is 3. The smallest absolute Gasteiger partial charge is 0.331 e. The maximum Gasteiger partial charge on any atom is 0.331 e. The Hall–Kier alpha value is -2.60. The number of aryl methyl sites for hydroxylation is 1. The van der Waals surface area contributed by atoms with Crippen LogP contribution in [0.3, 0.4) is 0 Å². The molecule has 24 heavy (non-hydrogen) atoms. The molecule has 3 rings (SSSR count). The molecule has 0 unspecified atom stereocenters. The zero-order valence-electron chi connectivity index (χ0n) is 12.8. The number of ether oxygens (including phenoxy) is 1. The third kappa shape index (κ3) is 3.49. The third-order valence-electron chi connectivity index (χ3n) is 3.54. The Morgan fingerprint density at radius 1 is 1.33 bits per heavy atom. The summed E-state index contributed by atoms with van der Waals surface area (Å²) in [6.07, 6.45) is 0. The molecule has 124 valence electrons. The van der Waals surface area contributed by atoms with Gasteiger partial charge in [-0.3, -0.25) is 4.79 Å². The van der Waals surface area contributed by atoms with Crippen LogP contribution in [0.2, 0.25) is 5.02 Å². The number of nitrogens with one attached hydrogen (secondary N) is 1. The number of hydrogen-bond acceptors (Lipinski definition) is 4. The van der Waals surface area contributed by atoms with Gasteiger partial charge in [0.05, 0.1) is 17.3 Å². The second-order valence-electron chi connectivity index (χ2n) is 5.48. The van der Waals surface area contributed by atoms with Gasteiger partial charge in [0, 0.05) is 5.69 Å². The molecule has 0 atom stereocenters. The molecule has 2 aromatic carbocycles. The molecule has 1 aliphatic heterocycles. The van der Waals surface area contributed by atoms with Crippen LogP contribution in [0.25, 0.3) is 0 Å². The minimum Gasteiger partial charge on any atom is -0.423 e. The number of halogens is 2. The van der Waals surface area contributed by atoms with Gasteiger partial charge >= 0.3 is 5.97 Å². The molecular weight excluding hydrogens is 335 g/mol. The van der Waals surface area contributed by atoms with Crippen molar-refractivity contribution in [2.24, 2.45) is 0 Å². The average molecular weight is 349 g/mol. The summed E-state index contributed by atoms with van der Waals surface area (Å²) in [4.78, 5) is 25.6. The fraction of sp³-hybridized carbons (Fsp3) is 0.176. The maximum absolute atomic E-state index is 13.2. The number of carbonyl (C=O) groups is 2. The number of anilines is 2. The Morgan fingerprint density at radius 2 is 2.12 bits per heavy atom. The van der Waals surface area contributed by atoms with E-state index in [0.717, 1.165) is 5.56 Å². The van der Waals surface area contributed by atoms with E-state index < -0.39 is 11.8 Å². The van der Waals surface area contributed by atoms with Gasteiger partial charge in [-0.2, -0.15) is 0 Å². The predicted octanol–water partition coefficient (Wildman–Crippen LogP) is 3.15. The summed E-state index contributed by atoms with van der Waals surface area (Å²) in [7, 11) is 0. The third-order valence-corrected chi connectivity index (χ3v) is 3.83. The maximum atomic E-state index is 13.2. The zero-order chi connectivity index (χ0) is 17.3. The van der Waals surface area contributed by atoms with Gasteiger partial charge in [-0.05, 0) is 42.8 Å². The highest BCUT2D eigenvalue weighted by atomic mass is 35.5. The summed E-state index contributed by atoms with van der Waals surface area (Å²) in [6, 6.07) is 9.31. The van der Waals surface area contributed by atoms with Crippen LogP contribution in [0.5, 0.6) is 5.75 Å². The van der Waals surface area contributed by atoms with Gasteiger partial charge in [0.1, 0.15) is 12.4 Å². The molecule has 0 spiro atoms. The molecule has 2 aromatic rings. The highest BCUT2D eigenvalue weighted by Gasteiger charge is 2.25. The Morgan fingerprint density at radius 3 is 2.88 bits per heavy atom. The van der Waals surface area contributed by atoms with Crippen molar-refractivity contribution in [1.82, 2.24) is 0 Å². The lowest BCUT2D eigenvalue weighted by atomic mass is 10.1. The fourth-order valence-electron chi connectivity index (χ4n) is 2.45. The first-order chi connectivity index (χ1) is 11.4. The quantitative estimate of drug-likeness (QED) is 0.684. The van der Waals surface area contributed by atoms with E-state index in [1.165, 1.54) is 18.2 Å². The van der Waals surface area contributed by atoms with Crippen LogP contribution in [-0.2, 0) is 9.59 Å². The molecule has 0 radical (unpaired) electrons. The molecule has 0 bridgehead atoms. The van der Waals surface area contributed by atoms with Crippen LogP contribution in [0.15, 0.2) is 36.4 Å². The molecule has 7 heteroatoms. The van der Waals surface area contributed by atoms with Gasteiger partial charge < -0.3 is 15.0 Å². The van der Waals surface area contributed by atoms with E-state index >= 15 is 0 Å². The second-order valence-corrected chi connectivity index (χ2v) is 5.89. The summed E-state index contributed by atoms with van der Waals surface area (Å²) < 4.78 is 18.3. The lowest BCUT2D eigenvalue weighted by Gasteiger charge is -2.29. The van der Waals surface area contributed by atoms with Gasteiger partial charge in [0.25, 0.3) is 0 Å². The summed E-state index contributed by atoms with van der Waals surface area (Å²) in [5, 5.41) is 2.56. The normalized spacial score (nSPS) is 13.3. The van der Waals surface area contributed by atoms with Crippen LogP contribution < -0.4 is 15.0 Å². The van der Waals surface area contributed by atoms with Crippen molar-refractivity contribution in [3.63, 3.8) is 0 Å². The van der Waals surface area contributed by atoms with E-state index in [-0.39, 0.29) is 24.0 Å². The van der Waals surface area contributed by atoms with E-state index in [0.29, 0.717) is 17.1 Å². The Labute approximate surface area is 143 Å². The molecule has 1 amide bonds. The molecule has 0 aliphatic carbocycles. The van der Waals surface area contributed by atoms with E-state index in [9.17, 15) is 14.0 Å². The summed E-state index contributed by atoms with van der Waals surface area (Å²) in [6.45, 7) is 1.85. The molecule has 5 nitrogen and oxygen atoms in total. The molecule has 1 aliphatic rings.